The molecule has 1 aromatic carbocycles. The molecule has 2 unspecified atom stereocenters. The summed E-state index contributed by atoms with van der Waals surface area (Å²) >= 11 is 0. The molecule has 2 atom stereocenters. The molecular weight excluding hydrogens is 406 g/mol. The van der Waals surface area contributed by atoms with Crippen LogP contribution in [0.2, 0.25) is 0 Å². The van der Waals surface area contributed by atoms with Crippen molar-refractivity contribution in [3.05, 3.63) is 95.1 Å². The van der Waals surface area contributed by atoms with E-state index in [9.17, 15) is 14.7 Å². The first-order chi connectivity index (χ1) is 15.5. The predicted molar refractivity (Wildman–Crippen MR) is 117 cm³/mol. The largest absolute Gasteiger partial charge is 0.507 e. The van der Waals surface area contributed by atoms with E-state index >= 15 is 0 Å². The van der Waals surface area contributed by atoms with E-state index in [2.05, 4.69) is 9.97 Å². The van der Waals surface area contributed by atoms with Gasteiger partial charge in [-0.2, -0.15) is 0 Å². The van der Waals surface area contributed by atoms with Crippen LogP contribution in [0.1, 0.15) is 35.2 Å². The van der Waals surface area contributed by atoms with E-state index in [1.54, 1.807) is 61.2 Å². The Hall–Kier alpha value is -4.00. The van der Waals surface area contributed by atoms with Crippen LogP contribution in [0.25, 0.3) is 5.76 Å². The number of rotatable bonds is 4. The molecule has 0 aliphatic carbocycles. The average molecular weight is 427 g/mol. The number of hydrogen-bond acceptors (Lipinski definition) is 6. The lowest BCUT2D eigenvalue weighted by Crippen LogP contribution is -2.29. The van der Waals surface area contributed by atoms with E-state index in [1.165, 1.54) is 4.90 Å². The smallest absolute Gasteiger partial charge is 0.295 e. The zero-order valence-corrected chi connectivity index (χ0v) is 17.4. The summed E-state index contributed by atoms with van der Waals surface area (Å²) in [4.78, 5) is 35.7. The topological polar surface area (TPSA) is 92.6 Å². The second-order valence-electron chi connectivity index (χ2n) is 8.02. The summed E-state index contributed by atoms with van der Waals surface area (Å²) in [5, 5.41) is 11.2. The minimum absolute atomic E-state index is 0.0603. The van der Waals surface area contributed by atoms with Gasteiger partial charge in [0, 0.05) is 43.3 Å². The molecule has 7 nitrogen and oxygen atoms in total. The number of pyridine rings is 2. The molecule has 4 heterocycles. The van der Waals surface area contributed by atoms with Crippen LogP contribution in [0.5, 0.6) is 5.75 Å². The van der Waals surface area contributed by atoms with Gasteiger partial charge in [-0.1, -0.05) is 0 Å². The molecule has 160 valence electrons. The number of ketones is 1. The third kappa shape index (κ3) is 3.41. The number of fused-ring (bicyclic) bond motifs is 1. The van der Waals surface area contributed by atoms with E-state index in [4.69, 9.17) is 4.74 Å². The van der Waals surface area contributed by atoms with Crippen LogP contribution in [0.4, 0.5) is 0 Å². The van der Waals surface area contributed by atoms with Crippen LogP contribution in [-0.2, 0) is 22.6 Å². The highest BCUT2D eigenvalue weighted by Crippen LogP contribution is 2.41. The van der Waals surface area contributed by atoms with Crippen LogP contribution in [-0.4, -0.2) is 37.8 Å². The van der Waals surface area contributed by atoms with Gasteiger partial charge in [0.05, 0.1) is 11.6 Å². The van der Waals surface area contributed by atoms with E-state index in [-0.39, 0.29) is 24.0 Å². The molecule has 2 aliphatic heterocycles. The van der Waals surface area contributed by atoms with Crippen molar-refractivity contribution >= 4 is 17.4 Å². The number of carbonyl (C=O) groups excluding carboxylic acids is 2. The van der Waals surface area contributed by atoms with Crippen molar-refractivity contribution in [1.29, 1.82) is 0 Å². The molecular formula is C25H21N3O4. The minimum atomic E-state index is -0.727. The summed E-state index contributed by atoms with van der Waals surface area (Å²) in [6.07, 6.45) is 7.28. The Bertz CT molecular complexity index is 1220. The first kappa shape index (κ1) is 19.9. The average Bonchev–Trinajstić information content (AvgIpc) is 3.31. The SMILES string of the molecule is CC1Cc2cc(/C(O)=C3\C(=O)C(=O)N(Cc4ccncc4)C3c3ccncc3)ccc2O1. The Morgan fingerprint density at radius 2 is 1.75 bits per heavy atom. The molecule has 0 saturated carbocycles. The van der Waals surface area contributed by atoms with E-state index in [0.29, 0.717) is 11.1 Å². The van der Waals surface area contributed by atoms with Gasteiger partial charge in [0.1, 0.15) is 17.6 Å². The van der Waals surface area contributed by atoms with E-state index in [1.807, 2.05) is 13.0 Å². The Morgan fingerprint density at radius 3 is 2.47 bits per heavy atom. The van der Waals surface area contributed by atoms with Crippen molar-refractivity contribution in [3.63, 3.8) is 0 Å². The molecule has 1 fully saturated rings. The van der Waals surface area contributed by atoms with Crippen LogP contribution in [0.15, 0.2) is 72.8 Å². The molecule has 0 radical (unpaired) electrons. The molecule has 32 heavy (non-hydrogen) atoms. The summed E-state index contributed by atoms with van der Waals surface area (Å²) in [6.45, 7) is 2.19. The number of amides is 1. The van der Waals surface area contributed by atoms with Gasteiger partial charge in [-0.15, -0.1) is 0 Å². The highest BCUT2D eigenvalue weighted by molar-refractivity contribution is 6.46. The number of hydrogen-bond donors (Lipinski definition) is 1. The molecule has 0 spiro atoms. The van der Waals surface area contributed by atoms with Gasteiger partial charge >= 0.3 is 0 Å². The second-order valence-corrected chi connectivity index (χ2v) is 8.02. The monoisotopic (exact) mass is 427 g/mol. The highest BCUT2D eigenvalue weighted by atomic mass is 16.5. The lowest BCUT2D eigenvalue weighted by molar-refractivity contribution is -0.140. The number of aromatic nitrogens is 2. The number of likely N-dealkylation sites (tertiary alicyclic amines) is 1. The number of aliphatic hydroxyl groups is 1. The van der Waals surface area contributed by atoms with Crippen molar-refractivity contribution in [2.45, 2.75) is 32.0 Å². The first-order valence-electron chi connectivity index (χ1n) is 10.4. The summed E-state index contributed by atoms with van der Waals surface area (Å²) in [5.41, 5.74) is 3.06. The van der Waals surface area contributed by atoms with Gasteiger partial charge < -0.3 is 14.7 Å². The van der Waals surface area contributed by atoms with E-state index in [0.717, 1.165) is 23.3 Å². The zero-order chi connectivity index (χ0) is 22.2. The van der Waals surface area contributed by atoms with Gasteiger partial charge in [0.2, 0.25) is 0 Å². The number of Topliss-reactive ketones (excluding diaryl/α,β-unsaturated/α-hetero) is 1. The molecule has 0 bridgehead atoms. The maximum atomic E-state index is 13.1. The van der Waals surface area contributed by atoms with E-state index < -0.39 is 17.7 Å². The molecule has 2 aliphatic rings. The fraction of sp³-hybridized carbons (Fsp3) is 0.200. The van der Waals surface area contributed by atoms with Crippen molar-refractivity contribution < 1.29 is 19.4 Å². The molecule has 5 rings (SSSR count). The van der Waals surface area contributed by atoms with Gasteiger partial charge in [0.25, 0.3) is 11.7 Å². The molecule has 1 amide bonds. The molecule has 7 heteroatoms. The second kappa shape index (κ2) is 7.92. The summed E-state index contributed by atoms with van der Waals surface area (Å²) in [5.74, 6) is -0.769. The standard InChI is InChI=1S/C25H21N3O4/c1-15-12-19-13-18(2-3-20(19)32-15)23(29)21-22(17-6-10-27-11-7-17)28(25(31)24(21)30)14-16-4-8-26-9-5-16/h2-11,13,15,22,29H,12,14H2,1H3/b23-21+. The number of aliphatic hydroxyl groups excluding tert-OH is 1. The third-order valence-electron chi connectivity index (χ3n) is 5.83. The molecule has 1 saturated heterocycles. The van der Waals surface area contributed by atoms with Gasteiger partial charge in [-0.3, -0.25) is 19.6 Å². The lowest BCUT2D eigenvalue weighted by atomic mass is 9.95. The summed E-state index contributed by atoms with van der Waals surface area (Å²) in [7, 11) is 0. The maximum absolute atomic E-state index is 13.1. The lowest BCUT2D eigenvalue weighted by Gasteiger charge is -2.25. The first-order valence-corrected chi connectivity index (χ1v) is 10.4. The fourth-order valence-corrected chi connectivity index (χ4v) is 4.35. The van der Waals surface area contributed by atoms with Crippen molar-refractivity contribution in [3.8, 4) is 5.75 Å². The quantitative estimate of drug-likeness (QED) is 0.390. The Kier molecular flexibility index (Phi) is 4.93. The fourth-order valence-electron chi connectivity index (χ4n) is 4.35. The van der Waals surface area contributed by atoms with Crippen LogP contribution < -0.4 is 4.74 Å². The zero-order valence-electron chi connectivity index (χ0n) is 17.4. The molecule has 2 aromatic heterocycles. The van der Waals surface area contributed by atoms with Gasteiger partial charge in [-0.25, -0.2) is 0 Å². The normalized spacial score (nSPS) is 21.5. The Balaban J connectivity index is 1.62. The Morgan fingerprint density at radius 1 is 1.06 bits per heavy atom. The number of carbonyl (C=O) groups is 2. The Labute approximate surface area is 185 Å². The predicted octanol–water partition coefficient (Wildman–Crippen LogP) is 3.42. The van der Waals surface area contributed by atoms with Gasteiger partial charge in [-0.05, 0) is 66.1 Å². The number of ether oxygens (including phenoxy) is 1. The highest BCUT2D eigenvalue weighted by Gasteiger charge is 2.46. The van der Waals surface area contributed by atoms with Crippen molar-refractivity contribution in [1.82, 2.24) is 14.9 Å². The van der Waals surface area contributed by atoms with Crippen molar-refractivity contribution in [2.24, 2.45) is 0 Å². The summed E-state index contributed by atoms with van der Waals surface area (Å²) < 4.78 is 5.74. The minimum Gasteiger partial charge on any atom is -0.507 e. The van der Waals surface area contributed by atoms with Crippen LogP contribution in [0.3, 0.4) is 0 Å². The van der Waals surface area contributed by atoms with Crippen LogP contribution in [0, 0.1) is 0 Å². The maximum Gasteiger partial charge on any atom is 0.295 e. The number of nitrogens with zero attached hydrogens (tertiary/aromatic N) is 3. The third-order valence-corrected chi connectivity index (χ3v) is 5.83. The van der Waals surface area contributed by atoms with Gasteiger partial charge in [0.15, 0.2) is 0 Å². The number of benzene rings is 1. The van der Waals surface area contributed by atoms with Crippen LogP contribution >= 0.6 is 0 Å². The molecule has 3 aromatic rings. The van der Waals surface area contributed by atoms with Crippen molar-refractivity contribution in [2.75, 3.05) is 0 Å². The summed E-state index contributed by atoms with van der Waals surface area (Å²) in [6, 6.07) is 11.7. The molecule has 1 N–H and O–H groups in total.